The van der Waals surface area contributed by atoms with Gasteiger partial charge in [0.25, 0.3) is 0 Å². The van der Waals surface area contributed by atoms with E-state index in [1.165, 1.54) is 30.2 Å². The van der Waals surface area contributed by atoms with Gasteiger partial charge in [-0.1, -0.05) is 29.2 Å². The van der Waals surface area contributed by atoms with E-state index in [4.69, 9.17) is 9.84 Å². The van der Waals surface area contributed by atoms with Crippen molar-refractivity contribution in [2.45, 2.75) is 10.1 Å². The molecule has 0 saturated heterocycles. The van der Waals surface area contributed by atoms with Gasteiger partial charge in [-0.3, -0.25) is 0 Å². The standard InChI is InChI=1S/C13H15N3O3S2/c1-16(2)12-14-15-13(21-12)20-7-8-4-5-10(19-3)9(6-8)11(17)18/h4-6H,7H2,1-3H3,(H,17,18). The van der Waals surface area contributed by atoms with Crippen LogP contribution in [0.2, 0.25) is 0 Å². The molecule has 0 radical (unpaired) electrons. The number of rotatable bonds is 6. The maximum absolute atomic E-state index is 11.2. The van der Waals surface area contributed by atoms with Gasteiger partial charge in [0.05, 0.1) is 7.11 Å². The number of anilines is 1. The number of methoxy groups -OCH3 is 1. The van der Waals surface area contributed by atoms with Crippen molar-refractivity contribution >= 4 is 34.2 Å². The number of carboxylic acid groups (broad SMARTS) is 1. The van der Waals surface area contributed by atoms with Crippen molar-refractivity contribution < 1.29 is 14.6 Å². The van der Waals surface area contributed by atoms with Crippen molar-refractivity contribution in [2.24, 2.45) is 0 Å². The fourth-order valence-electron chi connectivity index (χ4n) is 1.60. The van der Waals surface area contributed by atoms with Crippen molar-refractivity contribution in [1.82, 2.24) is 10.2 Å². The van der Waals surface area contributed by atoms with E-state index in [1.807, 2.05) is 25.1 Å². The first-order chi connectivity index (χ1) is 10.0. The molecule has 0 aliphatic heterocycles. The minimum Gasteiger partial charge on any atom is -0.496 e. The molecule has 0 spiro atoms. The van der Waals surface area contributed by atoms with Crippen molar-refractivity contribution in [1.29, 1.82) is 0 Å². The lowest BCUT2D eigenvalue weighted by Gasteiger charge is -2.07. The summed E-state index contributed by atoms with van der Waals surface area (Å²) in [6.45, 7) is 0. The Morgan fingerprint density at radius 1 is 1.43 bits per heavy atom. The third kappa shape index (κ3) is 3.85. The molecule has 0 fully saturated rings. The maximum Gasteiger partial charge on any atom is 0.339 e. The van der Waals surface area contributed by atoms with E-state index in [9.17, 15) is 4.79 Å². The highest BCUT2D eigenvalue weighted by Crippen LogP contribution is 2.30. The average Bonchev–Trinajstić information content (AvgIpc) is 2.94. The van der Waals surface area contributed by atoms with Crippen LogP contribution in [0.3, 0.4) is 0 Å². The second kappa shape index (κ2) is 6.77. The van der Waals surface area contributed by atoms with Crippen LogP contribution >= 0.6 is 23.1 Å². The minimum absolute atomic E-state index is 0.168. The topological polar surface area (TPSA) is 75.6 Å². The second-order valence-electron chi connectivity index (χ2n) is 4.37. The third-order valence-corrected chi connectivity index (χ3v) is 4.93. The van der Waals surface area contributed by atoms with Crippen LogP contribution in [0.5, 0.6) is 5.75 Å². The molecule has 112 valence electrons. The summed E-state index contributed by atoms with van der Waals surface area (Å²) in [4.78, 5) is 13.1. The number of aromatic nitrogens is 2. The van der Waals surface area contributed by atoms with Crippen LogP contribution in [0.25, 0.3) is 0 Å². The molecule has 0 aliphatic rings. The molecule has 1 heterocycles. The zero-order valence-corrected chi connectivity index (χ0v) is 13.5. The van der Waals surface area contributed by atoms with E-state index in [0.717, 1.165) is 15.0 Å². The van der Waals surface area contributed by atoms with E-state index in [1.54, 1.807) is 12.1 Å². The van der Waals surface area contributed by atoms with Crippen LogP contribution < -0.4 is 9.64 Å². The summed E-state index contributed by atoms with van der Waals surface area (Å²) in [5.74, 6) is -0.00152. The molecule has 0 atom stereocenters. The van der Waals surface area contributed by atoms with Crippen LogP contribution in [0.4, 0.5) is 5.13 Å². The summed E-state index contributed by atoms with van der Waals surface area (Å²) in [6.07, 6.45) is 0. The Morgan fingerprint density at radius 2 is 2.19 bits per heavy atom. The lowest BCUT2D eigenvalue weighted by molar-refractivity contribution is 0.0693. The molecule has 6 nitrogen and oxygen atoms in total. The first-order valence-electron chi connectivity index (χ1n) is 6.05. The van der Waals surface area contributed by atoms with Gasteiger partial charge in [0, 0.05) is 19.8 Å². The van der Waals surface area contributed by atoms with Gasteiger partial charge in [-0.2, -0.15) is 0 Å². The molecule has 0 unspecified atom stereocenters. The summed E-state index contributed by atoms with van der Waals surface area (Å²) in [7, 11) is 5.29. The Bertz CT molecular complexity index is 643. The third-order valence-electron chi connectivity index (χ3n) is 2.63. The van der Waals surface area contributed by atoms with Crippen molar-refractivity contribution in [3.05, 3.63) is 29.3 Å². The summed E-state index contributed by atoms with van der Waals surface area (Å²) in [6, 6.07) is 5.15. The van der Waals surface area contributed by atoms with Gasteiger partial charge in [0.15, 0.2) is 4.34 Å². The number of ether oxygens (including phenoxy) is 1. The molecule has 21 heavy (non-hydrogen) atoms. The Hall–Kier alpha value is -1.80. The van der Waals surface area contributed by atoms with Gasteiger partial charge in [0.1, 0.15) is 11.3 Å². The highest BCUT2D eigenvalue weighted by molar-refractivity contribution is 8.00. The summed E-state index contributed by atoms with van der Waals surface area (Å²) < 4.78 is 5.89. The predicted molar refractivity (Wildman–Crippen MR) is 83.8 cm³/mol. The number of benzene rings is 1. The molecular weight excluding hydrogens is 310 g/mol. The normalized spacial score (nSPS) is 10.4. The van der Waals surface area contributed by atoms with Gasteiger partial charge in [0.2, 0.25) is 5.13 Å². The zero-order valence-electron chi connectivity index (χ0n) is 11.9. The quantitative estimate of drug-likeness (QED) is 0.818. The van der Waals surface area contributed by atoms with Gasteiger partial charge >= 0.3 is 5.97 Å². The van der Waals surface area contributed by atoms with Crippen LogP contribution in [0, 0.1) is 0 Å². The zero-order chi connectivity index (χ0) is 15.4. The molecule has 0 aliphatic carbocycles. The van der Waals surface area contributed by atoms with Crippen LogP contribution in [-0.2, 0) is 5.75 Å². The lowest BCUT2D eigenvalue weighted by Crippen LogP contribution is -2.07. The largest absolute Gasteiger partial charge is 0.496 e. The summed E-state index contributed by atoms with van der Waals surface area (Å²) >= 11 is 3.03. The van der Waals surface area contributed by atoms with Gasteiger partial charge in [-0.15, -0.1) is 10.2 Å². The molecule has 1 N–H and O–H groups in total. The first kappa shape index (κ1) is 15.6. The highest BCUT2D eigenvalue weighted by atomic mass is 32.2. The Labute approximate surface area is 130 Å². The second-order valence-corrected chi connectivity index (χ2v) is 6.55. The van der Waals surface area contributed by atoms with E-state index in [0.29, 0.717) is 11.5 Å². The Kier molecular flexibility index (Phi) is 5.03. The van der Waals surface area contributed by atoms with Crippen molar-refractivity contribution in [3.63, 3.8) is 0 Å². The molecule has 1 aromatic heterocycles. The van der Waals surface area contributed by atoms with Gasteiger partial charge in [-0.05, 0) is 17.7 Å². The summed E-state index contributed by atoms with van der Waals surface area (Å²) in [5, 5.41) is 18.2. The number of aromatic carboxylic acids is 1. The van der Waals surface area contributed by atoms with E-state index in [-0.39, 0.29) is 5.56 Å². The number of nitrogens with zero attached hydrogens (tertiary/aromatic N) is 3. The molecule has 2 rings (SSSR count). The van der Waals surface area contributed by atoms with Gasteiger partial charge in [-0.25, -0.2) is 4.79 Å². The van der Waals surface area contributed by atoms with Crippen LogP contribution in [-0.4, -0.2) is 42.5 Å². The van der Waals surface area contributed by atoms with E-state index in [2.05, 4.69) is 10.2 Å². The molecule has 8 heteroatoms. The lowest BCUT2D eigenvalue weighted by atomic mass is 10.1. The number of thioether (sulfide) groups is 1. The molecule has 0 bridgehead atoms. The predicted octanol–water partition coefficient (Wildman–Crippen LogP) is 2.60. The fraction of sp³-hybridized carbons (Fsp3) is 0.308. The Balaban J connectivity index is 2.09. The number of hydrogen-bond acceptors (Lipinski definition) is 7. The number of hydrogen-bond donors (Lipinski definition) is 1. The van der Waals surface area contributed by atoms with E-state index >= 15 is 0 Å². The van der Waals surface area contributed by atoms with Crippen LogP contribution in [0.1, 0.15) is 15.9 Å². The van der Waals surface area contributed by atoms with E-state index < -0.39 is 5.97 Å². The van der Waals surface area contributed by atoms with Crippen molar-refractivity contribution in [2.75, 3.05) is 26.1 Å². The number of carboxylic acids is 1. The molecule has 1 aromatic carbocycles. The molecule has 0 saturated carbocycles. The smallest absolute Gasteiger partial charge is 0.339 e. The molecule has 2 aromatic rings. The maximum atomic E-state index is 11.2. The van der Waals surface area contributed by atoms with Gasteiger partial charge < -0.3 is 14.7 Å². The fourth-order valence-corrected chi connectivity index (χ4v) is 3.31. The first-order valence-corrected chi connectivity index (χ1v) is 7.85. The average molecular weight is 325 g/mol. The number of carbonyl (C=O) groups is 1. The molecule has 0 amide bonds. The van der Waals surface area contributed by atoms with Crippen molar-refractivity contribution in [3.8, 4) is 5.75 Å². The molecular formula is C13H15N3O3S2. The monoisotopic (exact) mass is 325 g/mol. The summed E-state index contributed by atoms with van der Waals surface area (Å²) in [5.41, 5.74) is 1.07. The Morgan fingerprint density at radius 3 is 2.76 bits per heavy atom. The minimum atomic E-state index is -0.996. The highest BCUT2D eigenvalue weighted by Gasteiger charge is 2.12. The van der Waals surface area contributed by atoms with Crippen LogP contribution in [0.15, 0.2) is 22.5 Å². The SMILES string of the molecule is COc1ccc(CSc2nnc(N(C)C)s2)cc1C(=O)O.